The van der Waals surface area contributed by atoms with Crippen LogP contribution in [0.15, 0.2) is 64.7 Å². The van der Waals surface area contributed by atoms with Gasteiger partial charge in [-0.15, -0.1) is 11.3 Å². The first-order chi connectivity index (χ1) is 11.7. The van der Waals surface area contributed by atoms with Crippen molar-refractivity contribution in [2.45, 2.75) is 6.92 Å². The van der Waals surface area contributed by atoms with Crippen molar-refractivity contribution in [1.29, 1.82) is 0 Å². The van der Waals surface area contributed by atoms with Crippen LogP contribution < -0.4 is 0 Å². The molecule has 3 heterocycles. The van der Waals surface area contributed by atoms with Crippen molar-refractivity contribution in [3.8, 4) is 5.69 Å². The summed E-state index contributed by atoms with van der Waals surface area (Å²) in [5.74, 6) is -0.0837. The molecule has 118 valence electrons. The minimum atomic E-state index is -0.440. The highest BCUT2D eigenvalue weighted by atomic mass is 32.1. The van der Waals surface area contributed by atoms with Crippen molar-refractivity contribution in [3.05, 3.63) is 75.9 Å². The van der Waals surface area contributed by atoms with E-state index in [1.807, 2.05) is 61.0 Å². The van der Waals surface area contributed by atoms with E-state index in [0.717, 1.165) is 21.8 Å². The minimum absolute atomic E-state index is 0.286. The Balaban J connectivity index is 1.69. The van der Waals surface area contributed by atoms with Crippen molar-refractivity contribution < 1.29 is 9.53 Å². The lowest BCUT2D eigenvalue weighted by atomic mass is 10.2. The molecule has 0 fully saturated rings. The van der Waals surface area contributed by atoms with Crippen molar-refractivity contribution in [3.63, 3.8) is 0 Å². The van der Waals surface area contributed by atoms with Crippen molar-refractivity contribution >= 4 is 29.3 Å². The number of ether oxygens (including phenoxy) is 1. The molecule has 6 heteroatoms. The van der Waals surface area contributed by atoms with Crippen LogP contribution in [0.4, 0.5) is 0 Å². The van der Waals surface area contributed by atoms with Gasteiger partial charge in [0.15, 0.2) is 5.70 Å². The molecule has 3 aromatic rings. The summed E-state index contributed by atoms with van der Waals surface area (Å²) in [5, 5.41) is 6.41. The molecule has 0 aliphatic carbocycles. The number of para-hydroxylation sites is 1. The zero-order valence-electron chi connectivity index (χ0n) is 12.8. The largest absolute Gasteiger partial charge is 0.401 e. The van der Waals surface area contributed by atoms with Gasteiger partial charge in [-0.25, -0.2) is 14.5 Å². The number of hydrogen-bond donors (Lipinski definition) is 0. The van der Waals surface area contributed by atoms with Gasteiger partial charge in [-0.05, 0) is 36.6 Å². The fraction of sp³-hybridized carbons (Fsp3) is 0.0556. The predicted molar refractivity (Wildman–Crippen MR) is 93.2 cm³/mol. The van der Waals surface area contributed by atoms with Crippen LogP contribution in [0.1, 0.15) is 16.1 Å². The number of nitrogens with zero attached hydrogens (tertiary/aromatic N) is 3. The average Bonchev–Trinajstić information content (AvgIpc) is 3.31. The van der Waals surface area contributed by atoms with Gasteiger partial charge < -0.3 is 4.74 Å². The molecule has 24 heavy (non-hydrogen) atoms. The summed E-state index contributed by atoms with van der Waals surface area (Å²) in [5.41, 5.74) is 2.90. The van der Waals surface area contributed by atoms with Gasteiger partial charge in [0.2, 0.25) is 5.90 Å². The lowest BCUT2D eigenvalue weighted by Gasteiger charge is -1.98. The van der Waals surface area contributed by atoms with Gasteiger partial charge >= 0.3 is 5.97 Å². The number of carbonyl (C=O) groups is 1. The molecule has 1 aromatic carbocycles. The summed E-state index contributed by atoms with van der Waals surface area (Å²) in [6, 6.07) is 13.6. The first-order valence-electron chi connectivity index (χ1n) is 7.39. The molecular formula is C18H13N3O2S. The third kappa shape index (κ3) is 2.68. The summed E-state index contributed by atoms with van der Waals surface area (Å²) in [7, 11) is 0. The number of benzene rings is 1. The highest BCUT2D eigenvalue weighted by Gasteiger charge is 2.25. The van der Waals surface area contributed by atoms with E-state index in [1.165, 1.54) is 11.3 Å². The normalized spacial score (nSPS) is 15.6. The standard InChI is InChI=1S/C18H13N3O2S/c1-12-13(11-21(20-12)14-6-3-2-4-7-14)10-15-18(22)23-17(19-15)16-8-5-9-24-16/h2-11H,1H3/b15-10-. The maximum absolute atomic E-state index is 12.0. The Hall–Kier alpha value is -2.99. The minimum Gasteiger partial charge on any atom is -0.401 e. The van der Waals surface area contributed by atoms with E-state index in [1.54, 1.807) is 10.8 Å². The summed E-state index contributed by atoms with van der Waals surface area (Å²) >= 11 is 1.48. The van der Waals surface area contributed by atoms with E-state index in [2.05, 4.69) is 10.1 Å². The topological polar surface area (TPSA) is 56.5 Å². The lowest BCUT2D eigenvalue weighted by Crippen LogP contribution is -2.03. The van der Waals surface area contributed by atoms with Crippen molar-refractivity contribution in [2.24, 2.45) is 4.99 Å². The molecule has 1 aliphatic heterocycles. The Bertz CT molecular complexity index is 954. The summed E-state index contributed by atoms with van der Waals surface area (Å²) in [6.07, 6.45) is 3.59. The van der Waals surface area contributed by atoms with Crippen LogP contribution in [0.3, 0.4) is 0 Å². The molecule has 0 saturated carbocycles. The van der Waals surface area contributed by atoms with Gasteiger partial charge in [-0.1, -0.05) is 24.3 Å². The lowest BCUT2D eigenvalue weighted by molar-refractivity contribution is -0.129. The van der Waals surface area contributed by atoms with Gasteiger partial charge in [-0.2, -0.15) is 5.10 Å². The summed E-state index contributed by atoms with van der Waals surface area (Å²) in [4.78, 5) is 17.2. The van der Waals surface area contributed by atoms with E-state index in [-0.39, 0.29) is 5.70 Å². The fourth-order valence-electron chi connectivity index (χ4n) is 2.39. The number of aliphatic imine (C=N–C) groups is 1. The Labute approximate surface area is 142 Å². The fourth-order valence-corrected chi connectivity index (χ4v) is 3.04. The van der Waals surface area contributed by atoms with E-state index < -0.39 is 5.97 Å². The average molecular weight is 335 g/mol. The Morgan fingerprint density at radius 3 is 2.75 bits per heavy atom. The second-order valence-corrected chi connectivity index (χ2v) is 6.21. The van der Waals surface area contributed by atoms with Crippen LogP contribution in [0.5, 0.6) is 0 Å². The second kappa shape index (κ2) is 5.90. The monoisotopic (exact) mass is 335 g/mol. The first kappa shape index (κ1) is 14.6. The SMILES string of the molecule is Cc1nn(-c2ccccc2)cc1/C=C1\N=C(c2cccs2)OC1=O. The van der Waals surface area contributed by atoms with Crippen LogP contribution in [0, 0.1) is 6.92 Å². The molecule has 0 unspecified atom stereocenters. The molecule has 2 aromatic heterocycles. The Morgan fingerprint density at radius 2 is 2.00 bits per heavy atom. The number of carbonyl (C=O) groups excluding carboxylic acids is 1. The zero-order valence-corrected chi connectivity index (χ0v) is 13.7. The maximum Gasteiger partial charge on any atom is 0.363 e. The van der Waals surface area contributed by atoms with Crippen LogP contribution in [0.25, 0.3) is 11.8 Å². The van der Waals surface area contributed by atoms with Gasteiger partial charge in [0.1, 0.15) is 0 Å². The number of esters is 1. The molecule has 0 N–H and O–H groups in total. The molecule has 5 nitrogen and oxygen atoms in total. The molecule has 0 radical (unpaired) electrons. The van der Waals surface area contributed by atoms with Crippen molar-refractivity contribution in [2.75, 3.05) is 0 Å². The Kier molecular flexibility index (Phi) is 3.59. The number of aryl methyl sites for hydroxylation is 1. The van der Waals surface area contributed by atoms with Crippen LogP contribution in [0.2, 0.25) is 0 Å². The van der Waals surface area contributed by atoms with Gasteiger partial charge in [0.25, 0.3) is 0 Å². The van der Waals surface area contributed by atoms with Gasteiger partial charge in [-0.3, -0.25) is 0 Å². The third-order valence-corrected chi connectivity index (χ3v) is 4.46. The highest BCUT2D eigenvalue weighted by Crippen LogP contribution is 2.22. The molecule has 0 spiro atoms. The molecule has 0 amide bonds. The number of rotatable bonds is 3. The van der Waals surface area contributed by atoms with E-state index in [0.29, 0.717) is 5.90 Å². The predicted octanol–water partition coefficient (Wildman–Crippen LogP) is 3.59. The van der Waals surface area contributed by atoms with E-state index in [4.69, 9.17) is 4.74 Å². The van der Waals surface area contributed by atoms with E-state index in [9.17, 15) is 4.79 Å². The van der Waals surface area contributed by atoms with Gasteiger partial charge in [0, 0.05) is 11.8 Å². The van der Waals surface area contributed by atoms with Crippen LogP contribution in [-0.4, -0.2) is 21.6 Å². The van der Waals surface area contributed by atoms with Gasteiger partial charge in [0.05, 0.1) is 16.3 Å². The first-order valence-corrected chi connectivity index (χ1v) is 8.27. The smallest absolute Gasteiger partial charge is 0.363 e. The molecule has 1 aliphatic rings. The van der Waals surface area contributed by atoms with Crippen molar-refractivity contribution in [1.82, 2.24) is 9.78 Å². The maximum atomic E-state index is 12.0. The Morgan fingerprint density at radius 1 is 1.17 bits per heavy atom. The number of hydrogen-bond acceptors (Lipinski definition) is 5. The number of thiophene rings is 1. The molecule has 4 rings (SSSR count). The second-order valence-electron chi connectivity index (χ2n) is 5.26. The number of aromatic nitrogens is 2. The highest BCUT2D eigenvalue weighted by molar-refractivity contribution is 7.12. The molecule has 0 saturated heterocycles. The summed E-state index contributed by atoms with van der Waals surface area (Å²) in [6.45, 7) is 1.90. The van der Waals surface area contributed by atoms with E-state index >= 15 is 0 Å². The van der Waals surface area contributed by atoms with Crippen LogP contribution in [-0.2, 0) is 9.53 Å². The molecule has 0 bridgehead atoms. The zero-order chi connectivity index (χ0) is 16.5. The number of cyclic esters (lactones) is 1. The molecule has 0 atom stereocenters. The molecular weight excluding hydrogens is 322 g/mol. The third-order valence-electron chi connectivity index (χ3n) is 3.60. The quantitative estimate of drug-likeness (QED) is 0.543. The summed E-state index contributed by atoms with van der Waals surface area (Å²) < 4.78 is 7.03. The van der Waals surface area contributed by atoms with Crippen LogP contribution >= 0.6 is 11.3 Å².